The smallest absolute Gasteiger partial charge is 0.0829 e. The highest BCUT2D eigenvalue weighted by Crippen LogP contribution is 2.21. The van der Waals surface area contributed by atoms with Crippen molar-refractivity contribution in [1.82, 2.24) is 135 Å². The molecule has 0 saturated heterocycles. The van der Waals surface area contributed by atoms with E-state index in [4.69, 9.17) is 0 Å². The lowest BCUT2D eigenvalue weighted by atomic mass is 10.0. The van der Waals surface area contributed by atoms with Gasteiger partial charge in [0.2, 0.25) is 0 Å². The summed E-state index contributed by atoms with van der Waals surface area (Å²) in [5, 5.41) is 74.6. The van der Waals surface area contributed by atoms with E-state index in [1.54, 1.807) is 0 Å². The lowest BCUT2D eigenvalue weighted by Gasteiger charge is -2.08. The van der Waals surface area contributed by atoms with Crippen LogP contribution in [-0.4, -0.2) is 135 Å². The Morgan fingerprint density at radius 3 is 0.752 bits per heavy atom. The topological polar surface area (TPSA) is 276 Å². The monoisotopic (exact) mass is 2080 g/mol. The summed E-state index contributed by atoms with van der Waals surface area (Å²) in [6.45, 7) is 90.4. The van der Waals surface area contributed by atoms with Crippen molar-refractivity contribution >= 4 is 0 Å². The number of nitrogens with zero attached hydrogens (tertiary/aromatic N) is 27. The number of aryl methyl sites for hydroxylation is 15. The van der Waals surface area contributed by atoms with E-state index in [9.17, 15) is 0 Å². The van der Waals surface area contributed by atoms with E-state index >= 15 is 0 Å². The zero-order valence-corrected chi connectivity index (χ0v) is 104. The minimum absolute atomic E-state index is 0.635. The first-order chi connectivity index (χ1) is 70.7. The van der Waals surface area contributed by atoms with Gasteiger partial charge in [-0.2, -0.15) is 0 Å². The highest BCUT2D eigenvalue weighted by Gasteiger charge is 2.15. The summed E-state index contributed by atoms with van der Waals surface area (Å²) in [7, 11) is 0. The van der Waals surface area contributed by atoms with Crippen LogP contribution < -0.4 is 0 Å². The SMILES string of the molecule is CC(C)CCCCCn1cc(CC(C)C)nn1.CC(C)CCCCc1cn(CC(C)C)nn1.CC(C)CCCCn1cc(CCC(C)C)nn1.CC(C)CCCCn1nncc1CC(C)C.CC(C)CCCCn1nncc1CCC(C)C.CC(C)CCCCn1nncc1CCCC(C)C.CC(C)CCCc1cn(CCC(C)C)nn1.CC(C)CCCn1cc(CCC(C)C)nn1.CC(C)CCCn1nncc1CCC(C)C. The van der Waals surface area contributed by atoms with Gasteiger partial charge in [-0.3, -0.25) is 23.4 Å². The summed E-state index contributed by atoms with van der Waals surface area (Å²) < 4.78 is 18.2. The molecule has 9 heterocycles. The van der Waals surface area contributed by atoms with E-state index in [0.29, 0.717) is 17.8 Å². The molecule has 149 heavy (non-hydrogen) atoms. The number of aromatic nitrogens is 27. The second-order valence-electron chi connectivity index (χ2n) is 50.7. The van der Waals surface area contributed by atoms with E-state index in [2.05, 4.69) is 392 Å². The van der Waals surface area contributed by atoms with Gasteiger partial charge in [-0.1, -0.05) is 392 Å². The Kier molecular flexibility index (Phi) is 80.9. The molecule has 0 aromatic carbocycles. The van der Waals surface area contributed by atoms with Gasteiger partial charge in [0.15, 0.2) is 0 Å². The third kappa shape index (κ3) is 81.6. The van der Waals surface area contributed by atoms with E-state index in [1.165, 1.54) is 228 Å². The van der Waals surface area contributed by atoms with Gasteiger partial charge in [-0.15, -0.1) is 45.9 Å². The molecule has 0 aliphatic heterocycles. The highest BCUT2D eigenvalue weighted by molar-refractivity contribution is 5.00. The molecule has 27 heteroatoms. The molecule has 0 spiro atoms. The molecule has 0 unspecified atom stereocenters. The lowest BCUT2D eigenvalue weighted by Crippen LogP contribution is -2.08. The van der Waals surface area contributed by atoms with Gasteiger partial charge in [0, 0.05) is 89.9 Å². The van der Waals surface area contributed by atoms with Crippen LogP contribution in [0.3, 0.4) is 0 Å². The van der Waals surface area contributed by atoms with Crippen LogP contribution >= 0.6 is 0 Å². The van der Waals surface area contributed by atoms with Crippen LogP contribution in [0.5, 0.6) is 0 Å². The zero-order chi connectivity index (χ0) is 111. The largest absolute Gasteiger partial charge is 0.252 e. The molecule has 0 aliphatic rings. The van der Waals surface area contributed by atoms with Crippen LogP contribution in [0, 0.1) is 107 Å². The summed E-state index contributed by atoms with van der Waals surface area (Å²) in [4.78, 5) is 0. The van der Waals surface area contributed by atoms with E-state index in [-0.39, 0.29) is 0 Å². The first-order valence-corrected chi connectivity index (χ1v) is 60.7. The molecule has 0 fully saturated rings. The number of rotatable bonds is 68. The van der Waals surface area contributed by atoms with Crippen LogP contribution in [0.4, 0.5) is 0 Å². The third-order valence-corrected chi connectivity index (χ3v) is 25.9. The molecule has 0 aliphatic carbocycles. The quantitative estimate of drug-likeness (QED) is 0.0320. The van der Waals surface area contributed by atoms with Crippen LogP contribution in [0.15, 0.2) is 55.8 Å². The Bertz CT molecular complexity index is 4360. The van der Waals surface area contributed by atoms with Crippen molar-refractivity contribution in [3.05, 3.63) is 107 Å². The lowest BCUT2D eigenvalue weighted by molar-refractivity contribution is 0.465. The van der Waals surface area contributed by atoms with E-state index < -0.39 is 0 Å². The maximum atomic E-state index is 4.21. The van der Waals surface area contributed by atoms with Crippen LogP contribution in [0.2, 0.25) is 0 Å². The molecule has 858 valence electrons. The Morgan fingerprint density at radius 2 is 0.396 bits per heavy atom. The van der Waals surface area contributed by atoms with Gasteiger partial charge in [0.25, 0.3) is 0 Å². The zero-order valence-electron chi connectivity index (χ0n) is 104. The molecule has 9 aromatic rings. The van der Waals surface area contributed by atoms with Crippen molar-refractivity contribution in [3.8, 4) is 0 Å². The van der Waals surface area contributed by atoms with Crippen molar-refractivity contribution in [1.29, 1.82) is 0 Å². The van der Waals surface area contributed by atoms with Crippen LogP contribution in [0.25, 0.3) is 0 Å². The van der Waals surface area contributed by atoms with Crippen molar-refractivity contribution in [2.24, 2.45) is 107 Å². The van der Waals surface area contributed by atoms with Gasteiger partial charge in [0.05, 0.1) is 76.0 Å². The second kappa shape index (κ2) is 86.6. The summed E-state index contributed by atoms with van der Waals surface area (Å²) in [6.07, 6.45) is 68.2. The summed E-state index contributed by atoms with van der Waals surface area (Å²) in [5.74, 6) is 13.7. The number of unbranched alkanes of at least 4 members (excludes halogenated alkanes) is 7. The Morgan fingerprint density at radius 1 is 0.161 bits per heavy atom. The molecule has 0 atom stereocenters. The highest BCUT2D eigenvalue weighted by atomic mass is 15.5. The van der Waals surface area contributed by atoms with Crippen molar-refractivity contribution in [2.75, 3.05) is 0 Å². The average molecular weight is 2080 g/mol. The summed E-state index contributed by atoms with van der Waals surface area (Å²) >= 11 is 0. The molecule has 0 radical (unpaired) electrons. The van der Waals surface area contributed by atoms with Crippen LogP contribution in [-0.2, 0) is 117 Å². The Balaban J connectivity index is 0.000000838. The molecule has 0 bridgehead atoms. The Hall–Kier alpha value is -7.74. The predicted molar refractivity (Wildman–Crippen MR) is 628 cm³/mol. The molecule has 0 amide bonds. The number of hydrogen-bond acceptors (Lipinski definition) is 18. The van der Waals surface area contributed by atoms with Crippen LogP contribution in [0.1, 0.15) is 506 Å². The molecule has 9 rings (SSSR count). The molecule has 0 saturated carbocycles. The summed E-state index contributed by atoms with van der Waals surface area (Å²) in [5.41, 5.74) is 10.9. The first-order valence-electron chi connectivity index (χ1n) is 60.7. The van der Waals surface area contributed by atoms with Gasteiger partial charge < -0.3 is 0 Å². The molecule has 27 nitrogen and oxygen atoms in total. The van der Waals surface area contributed by atoms with Gasteiger partial charge in [0.1, 0.15) is 0 Å². The molecular formula is C122H235N27. The minimum atomic E-state index is 0.635. The summed E-state index contributed by atoms with van der Waals surface area (Å²) in [6, 6.07) is 0. The first kappa shape index (κ1) is 139. The number of hydrogen-bond donors (Lipinski definition) is 0. The Labute approximate surface area is 914 Å². The normalized spacial score (nSPS) is 11.6. The fourth-order valence-electron chi connectivity index (χ4n) is 16.6. The molecule has 0 N–H and O–H groups in total. The third-order valence-electron chi connectivity index (χ3n) is 25.9. The fraction of sp³-hybridized carbons (Fsp3) is 0.852. The van der Waals surface area contributed by atoms with Crippen molar-refractivity contribution in [3.63, 3.8) is 0 Å². The maximum Gasteiger partial charge on any atom is 0.0829 e. The predicted octanol–water partition coefficient (Wildman–Crippen LogP) is 31.7. The van der Waals surface area contributed by atoms with E-state index in [0.717, 1.165) is 234 Å². The maximum absolute atomic E-state index is 4.21. The van der Waals surface area contributed by atoms with Gasteiger partial charge in [-0.05, 0) is 273 Å². The van der Waals surface area contributed by atoms with E-state index in [1.807, 2.05) is 48.2 Å². The second-order valence-corrected chi connectivity index (χ2v) is 50.7. The minimum Gasteiger partial charge on any atom is -0.252 e. The molecular weight excluding hydrogens is 1840 g/mol. The average Bonchev–Trinajstić information content (AvgIpc) is 1.77. The van der Waals surface area contributed by atoms with Gasteiger partial charge in [-0.25, -0.2) is 18.7 Å². The van der Waals surface area contributed by atoms with Crippen molar-refractivity contribution in [2.45, 2.75) is 571 Å². The standard InChI is InChI=1S/C15H29N3.3C14H27N3.5C13H25N3/c1-13(2)8-5-6-11-18-15(12-16-17-18)10-7-9-14(3)4;1-12(2)7-5-6-10-17-11-14(15-16-17)9-8-13(3)4;1-12(2)7-5-6-10-17-14(11-15-16-17)9-8-13(3)4;1-12(2)8-6-5-7-9-17-11-14(15-16-17)10-13(3)4;1-11(2)6-5-9-16-10-13(14-15-16)8-7-12(3)4;1-11(2)6-5-9-16-13(10-14-15-16)8-7-12(3)4;1-11(2)6-5-7-13-10-16(15-14-13)9-8-12(3)4;1-11(2)7-5-6-8-16-13(9-12(3)4)10-14-15-16;1-11(2)7-5-6-8-13-10-16(15-14-13)9-12(3)4/h12-14H,5-11H2,1-4H3;3*11-13H,5-10H2,1-4H3;5*10-12H,5-9H2,1-4H3. The fourth-order valence-corrected chi connectivity index (χ4v) is 16.6. The van der Waals surface area contributed by atoms with Crippen molar-refractivity contribution < 1.29 is 0 Å². The van der Waals surface area contributed by atoms with Gasteiger partial charge >= 0.3 is 0 Å². The molecule has 9 aromatic heterocycles.